The highest BCUT2D eigenvalue weighted by atomic mass is 15.2. The maximum Gasteiger partial charge on any atom is 0.0992 e. The summed E-state index contributed by atoms with van der Waals surface area (Å²) in [7, 11) is 4.25. The van der Waals surface area contributed by atoms with E-state index in [1.165, 1.54) is 0 Å². The van der Waals surface area contributed by atoms with Crippen LogP contribution in [0.25, 0.3) is 0 Å². The van der Waals surface area contributed by atoms with E-state index < -0.39 is 0 Å². The zero-order chi connectivity index (χ0) is 13.1. The predicted octanol–water partition coefficient (Wildman–Crippen LogP) is 1.67. The molecule has 0 radical (unpaired) electrons. The number of anilines is 2. The lowest BCUT2D eigenvalue weighted by molar-refractivity contribution is 0.253. The fourth-order valence-electron chi connectivity index (χ4n) is 2.52. The van der Waals surface area contributed by atoms with Gasteiger partial charge in [-0.1, -0.05) is 0 Å². The van der Waals surface area contributed by atoms with E-state index in [1.54, 1.807) is 6.07 Å². The third-order valence-corrected chi connectivity index (χ3v) is 3.77. The van der Waals surface area contributed by atoms with Crippen LogP contribution in [0.5, 0.6) is 0 Å². The third-order valence-electron chi connectivity index (χ3n) is 3.77. The summed E-state index contributed by atoms with van der Waals surface area (Å²) in [5, 5.41) is 8.84. The van der Waals surface area contributed by atoms with E-state index in [0.717, 1.165) is 31.6 Å². The van der Waals surface area contributed by atoms with Crippen LogP contribution < -0.4 is 10.6 Å². The second-order valence-corrected chi connectivity index (χ2v) is 5.03. The summed E-state index contributed by atoms with van der Waals surface area (Å²) in [6.07, 6.45) is 2.32. The molecule has 0 aromatic heterocycles. The standard InChI is InChI=1S/C14H20N4/c1-17-7-5-12(6-8-17)18(2)14-4-3-11(10-15)9-13(14)16/h3-4,9,12H,5-8,16H2,1-2H3. The van der Waals surface area contributed by atoms with Crippen molar-refractivity contribution in [2.75, 3.05) is 37.8 Å². The maximum atomic E-state index is 8.84. The molecule has 4 heteroatoms. The largest absolute Gasteiger partial charge is 0.397 e. The molecular weight excluding hydrogens is 224 g/mol. The molecular formula is C14H20N4. The van der Waals surface area contributed by atoms with Gasteiger partial charge in [-0.3, -0.25) is 0 Å². The summed E-state index contributed by atoms with van der Waals surface area (Å²) in [5.74, 6) is 0. The Labute approximate surface area is 109 Å². The minimum absolute atomic E-state index is 0.538. The smallest absolute Gasteiger partial charge is 0.0992 e. The van der Waals surface area contributed by atoms with E-state index in [9.17, 15) is 0 Å². The van der Waals surface area contributed by atoms with E-state index in [0.29, 0.717) is 17.3 Å². The second kappa shape index (κ2) is 5.28. The van der Waals surface area contributed by atoms with Crippen molar-refractivity contribution >= 4 is 11.4 Å². The normalized spacial score (nSPS) is 17.4. The number of benzene rings is 1. The van der Waals surface area contributed by atoms with Gasteiger partial charge in [-0.2, -0.15) is 5.26 Å². The van der Waals surface area contributed by atoms with Gasteiger partial charge in [-0.05, 0) is 51.2 Å². The summed E-state index contributed by atoms with van der Waals surface area (Å²) < 4.78 is 0. The minimum Gasteiger partial charge on any atom is -0.397 e. The van der Waals surface area contributed by atoms with Crippen molar-refractivity contribution in [3.63, 3.8) is 0 Å². The van der Waals surface area contributed by atoms with Crippen molar-refractivity contribution in [1.82, 2.24) is 4.90 Å². The fraction of sp³-hybridized carbons (Fsp3) is 0.500. The van der Waals surface area contributed by atoms with Crippen molar-refractivity contribution in [3.8, 4) is 6.07 Å². The Morgan fingerprint density at radius 3 is 2.61 bits per heavy atom. The van der Waals surface area contributed by atoms with E-state index in [1.807, 2.05) is 12.1 Å². The van der Waals surface area contributed by atoms with Gasteiger partial charge in [0.2, 0.25) is 0 Å². The molecule has 1 fully saturated rings. The Kier molecular flexibility index (Phi) is 3.73. The summed E-state index contributed by atoms with van der Waals surface area (Å²) in [6, 6.07) is 8.18. The van der Waals surface area contributed by atoms with Gasteiger partial charge in [0, 0.05) is 13.1 Å². The predicted molar refractivity (Wildman–Crippen MR) is 74.5 cm³/mol. The molecule has 1 heterocycles. The van der Waals surface area contributed by atoms with Crippen molar-refractivity contribution in [2.24, 2.45) is 0 Å². The molecule has 1 saturated heterocycles. The third kappa shape index (κ3) is 2.57. The van der Waals surface area contributed by atoms with Gasteiger partial charge in [0.1, 0.15) is 0 Å². The molecule has 0 spiro atoms. The first-order valence-corrected chi connectivity index (χ1v) is 6.33. The molecule has 2 rings (SSSR count). The summed E-state index contributed by atoms with van der Waals surface area (Å²) in [5.41, 5.74) is 8.37. The molecule has 0 aliphatic carbocycles. The molecule has 1 aliphatic rings. The molecule has 1 aromatic carbocycles. The lowest BCUT2D eigenvalue weighted by atomic mass is 10.0. The molecule has 0 atom stereocenters. The molecule has 4 nitrogen and oxygen atoms in total. The monoisotopic (exact) mass is 244 g/mol. The highest BCUT2D eigenvalue weighted by Crippen LogP contribution is 2.27. The molecule has 96 valence electrons. The van der Waals surface area contributed by atoms with Crippen LogP contribution in [0.2, 0.25) is 0 Å². The Hall–Kier alpha value is -1.73. The summed E-state index contributed by atoms with van der Waals surface area (Å²) in [4.78, 5) is 4.61. The zero-order valence-corrected chi connectivity index (χ0v) is 11.1. The van der Waals surface area contributed by atoms with E-state index >= 15 is 0 Å². The molecule has 1 aliphatic heterocycles. The van der Waals surface area contributed by atoms with Gasteiger partial charge in [-0.25, -0.2) is 0 Å². The Bertz CT molecular complexity index is 455. The highest BCUT2D eigenvalue weighted by Gasteiger charge is 2.21. The zero-order valence-electron chi connectivity index (χ0n) is 11.1. The second-order valence-electron chi connectivity index (χ2n) is 5.03. The fourth-order valence-corrected chi connectivity index (χ4v) is 2.52. The highest BCUT2D eigenvalue weighted by molar-refractivity contribution is 5.69. The van der Waals surface area contributed by atoms with E-state index in [4.69, 9.17) is 11.0 Å². The average molecular weight is 244 g/mol. The quantitative estimate of drug-likeness (QED) is 0.804. The van der Waals surface area contributed by atoms with Crippen molar-refractivity contribution in [3.05, 3.63) is 23.8 Å². The molecule has 2 N–H and O–H groups in total. The summed E-state index contributed by atoms with van der Waals surface area (Å²) >= 11 is 0. The number of likely N-dealkylation sites (tertiary alicyclic amines) is 1. The minimum atomic E-state index is 0.538. The van der Waals surface area contributed by atoms with Gasteiger partial charge < -0.3 is 15.5 Å². The van der Waals surface area contributed by atoms with Crippen molar-refractivity contribution in [1.29, 1.82) is 5.26 Å². The van der Waals surface area contributed by atoms with Crippen LogP contribution in [-0.4, -0.2) is 38.1 Å². The molecule has 0 bridgehead atoms. The number of nitriles is 1. The lowest BCUT2D eigenvalue weighted by Gasteiger charge is -2.36. The molecule has 0 unspecified atom stereocenters. The van der Waals surface area contributed by atoms with Gasteiger partial charge in [0.25, 0.3) is 0 Å². The van der Waals surface area contributed by atoms with Crippen LogP contribution in [0, 0.1) is 11.3 Å². The Morgan fingerprint density at radius 1 is 1.39 bits per heavy atom. The van der Waals surface area contributed by atoms with Gasteiger partial charge in [0.15, 0.2) is 0 Å². The summed E-state index contributed by atoms with van der Waals surface area (Å²) in [6.45, 7) is 2.26. The molecule has 18 heavy (non-hydrogen) atoms. The number of piperidine rings is 1. The first-order chi connectivity index (χ1) is 8.61. The van der Waals surface area contributed by atoms with Crippen molar-refractivity contribution in [2.45, 2.75) is 18.9 Å². The first-order valence-electron chi connectivity index (χ1n) is 6.33. The maximum absolute atomic E-state index is 8.84. The van der Waals surface area contributed by atoms with Crippen LogP contribution in [0.3, 0.4) is 0 Å². The van der Waals surface area contributed by atoms with E-state index in [2.05, 4.69) is 30.0 Å². The number of hydrogen-bond acceptors (Lipinski definition) is 4. The van der Waals surface area contributed by atoms with Crippen LogP contribution in [0.15, 0.2) is 18.2 Å². The number of nitrogen functional groups attached to an aromatic ring is 1. The van der Waals surface area contributed by atoms with Crippen molar-refractivity contribution < 1.29 is 0 Å². The van der Waals surface area contributed by atoms with E-state index in [-0.39, 0.29) is 0 Å². The average Bonchev–Trinajstić information content (AvgIpc) is 2.38. The van der Waals surface area contributed by atoms with Gasteiger partial charge in [0.05, 0.1) is 23.0 Å². The SMILES string of the molecule is CN1CCC(N(C)c2ccc(C#N)cc2N)CC1. The van der Waals surface area contributed by atoms with Crippen LogP contribution in [0.4, 0.5) is 11.4 Å². The Balaban J connectivity index is 2.14. The Morgan fingerprint density at radius 2 is 2.06 bits per heavy atom. The van der Waals surface area contributed by atoms with Gasteiger partial charge in [-0.15, -0.1) is 0 Å². The number of rotatable bonds is 2. The van der Waals surface area contributed by atoms with Crippen LogP contribution in [-0.2, 0) is 0 Å². The van der Waals surface area contributed by atoms with Crippen LogP contribution >= 0.6 is 0 Å². The molecule has 1 aromatic rings. The lowest BCUT2D eigenvalue weighted by Crippen LogP contribution is -2.42. The molecule has 0 saturated carbocycles. The number of hydrogen-bond donors (Lipinski definition) is 1. The topological polar surface area (TPSA) is 56.3 Å². The van der Waals surface area contributed by atoms with Gasteiger partial charge >= 0.3 is 0 Å². The number of nitrogens with zero attached hydrogens (tertiary/aromatic N) is 3. The first kappa shape index (κ1) is 12.7. The number of nitrogens with two attached hydrogens (primary N) is 1. The van der Waals surface area contributed by atoms with Crippen LogP contribution in [0.1, 0.15) is 18.4 Å². The molecule has 0 amide bonds.